The summed E-state index contributed by atoms with van der Waals surface area (Å²) in [7, 11) is 2.94. The molecule has 0 aliphatic rings. The number of primary amides is 1. The predicted molar refractivity (Wildman–Crippen MR) is 96.3 cm³/mol. The number of hydrogen-bond donors (Lipinski definition) is 1. The van der Waals surface area contributed by atoms with Gasteiger partial charge in [0.15, 0.2) is 11.5 Å². The van der Waals surface area contributed by atoms with E-state index in [1.807, 2.05) is 0 Å². The third-order valence-corrected chi connectivity index (χ3v) is 4.06. The van der Waals surface area contributed by atoms with E-state index in [4.69, 9.17) is 15.2 Å². The van der Waals surface area contributed by atoms with Gasteiger partial charge in [0.1, 0.15) is 11.6 Å². The molecule has 3 rings (SSSR count). The number of imidazole rings is 1. The molecule has 8 nitrogen and oxygen atoms in total. The maximum Gasteiger partial charge on any atom is 0.217 e. The third kappa shape index (κ3) is 3.91. The number of methoxy groups -OCH3 is 2. The molecule has 9 heteroatoms. The van der Waals surface area contributed by atoms with Crippen molar-refractivity contribution in [2.45, 2.75) is 19.4 Å². The standard InChI is InChI=1S/C18H20FN5O3/c1-26-15-8-13(14(19)9-16(15)27-2)18-21-5-7-24(18)12-10-22-23(11-12)6-3-4-17(20)25/h5,7-11H,3-4,6H2,1-2H3,(H2,20,25). The average molecular weight is 373 g/mol. The van der Waals surface area contributed by atoms with Gasteiger partial charge in [0.2, 0.25) is 5.91 Å². The van der Waals surface area contributed by atoms with Gasteiger partial charge in [-0.3, -0.25) is 14.0 Å². The lowest BCUT2D eigenvalue weighted by atomic mass is 10.1. The Kier molecular flexibility index (Phi) is 5.39. The van der Waals surface area contributed by atoms with E-state index in [9.17, 15) is 9.18 Å². The second-order valence-corrected chi connectivity index (χ2v) is 5.84. The van der Waals surface area contributed by atoms with E-state index in [-0.39, 0.29) is 11.5 Å². The number of ether oxygens (including phenoxy) is 2. The zero-order chi connectivity index (χ0) is 19.4. The Morgan fingerprint density at radius 2 is 2.00 bits per heavy atom. The van der Waals surface area contributed by atoms with Crippen molar-refractivity contribution in [3.8, 4) is 28.6 Å². The first-order valence-corrected chi connectivity index (χ1v) is 8.30. The van der Waals surface area contributed by atoms with Crippen LogP contribution in [0.15, 0.2) is 36.9 Å². The van der Waals surface area contributed by atoms with Crippen molar-refractivity contribution < 1.29 is 18.7 Å². The maximum atomic E-state index is 14.6. The van der Waals surface area contributed by atoms with Gasteiger partial charge < -0.3 is 15.2 Å². The fourth-order valence-corrected chi connectivity index (χ4v) is 2.75. The first-order valence-electron chi connectivity index (χ1n) is 8.30. The van der Waals surface area contributed by atoms with E-state index in [0.717, 1.165) is 5.69 Å². The van der Waals surface area contributed by atoms with E-state index >= 15 is 0 Å². The highest BCUT2D eigenvalue weighted by atomic mass is 19.1. The highest BCUT2D eigenvalue weighted by molar-refractivity contribution is 5.73. The molecular formula is C18H20FN5O3. The summed E-state index contributed by atoms with van der Waals surface area (Å²) in [5.74, 6) is 0.298. The number of aryl methyl sites for hydroxylation is 1. The minimum Gasteiger partial charge on any atom is -0.493 e. The zero-order valence-electron chi connectivity index (χ0n) is 15.1. The molecular weight excluding hydrogens is 353 g/mol. The molecule has 27 heavy (non-hydrogen) atoms. The van der Waals surface area contributed by atoms with E-state index in [0.29, 0.717) is 36.7 Å². The fourth-order valence-electron chi connectivity index (χ4n) is 2.75. The van der Waals surface area contributed by atoms with Gasteiger partial charge in [0.25, 0.3) is 0 Å². The van der Waals surface area contributed by atoms with Crippen molar-refractivity contribution in [1.82, 2.24) is 19.3 Å². The Hall–Kier alpha value is -3.36. The molecule has 0 spiro atoms. The first-order chi connectivity index (χ1) is 13.0. The van der Waals surface area contributed by atoms with Crippen molar-refractivity contribution in [2.75, 3.05) is 14.2 Å². The van der Waals surface area contributed by atoms with Gasteiger partial charge in [-0.1, -0.05) is 0 Å². The van der Waals surface area contributed by atoms with Crippen LogP contribution < -0.4 is 15.2 Å². The smallest absolute Gasteiger partial charge is 0.217 e. The normalized spacial score (nSPS) is 10.8. The van der Waals surface area contributed by atoms with Crippen molar-refractivity contribution in [2.24, 2.45) is 5.73 Å². The van der Waals surface area contributed by atoms with Crippen LogP contribution >= 0.6 is 0 Å². The van der Waals surface area contributed by atoms with E-state index in [1.54, 1.807) is 40.1 Å². The molecule has 0 atom stereocenters. The van der Waals surface area contributed by atoms with Crippen LogP contribution in [0.4, 0.5) is 4.39 Å². The number of rotatable bonds is 8. The molecule has 1 aromatic carbocycles. The minimum absolute atomic E-state index is 0.277. The summed E-state index contributed by atoms with van der Waals surface area (Å²) in [6.07, 6.45) is 7.63. The van der Waals surface area contributed by atoms with E-state index in [1.165, 1.54) is 20.3 Å². The van der Waals surface area contributed by atoms with Gasteiger partial charge in [0.05, 0.1) is 31.7 Å². The molecule has 2 heterocycles. The summed E-state index contributed by atoms with van der Waals surface area (Å²) in [5, 5.41) is 4.26. The zero-order valence-corrected chi connectivity index (χ0v) is 15.1. The molecule has 0 fully saturated rings. The fraction of sp³-hybridized carbons (Fsp3) is 0.278. The Morgan fingerprint density at radius 3 is 2.70 bits per heavy atom. The molecule has 0 saturated carbocycles. The maximum absolute atomic E-state index is 14.6. The number of nitrogens with zero attached hydrogens (tertiary/aromatic N) is 4. The van der Waals surface area contributed by atoms with Crippen molar-refractivity contribution >= 4 is 5.91 Å². The average Bonchev–Trinajstić information content (AvgIpc) is 3.30. The lowest BCUT2D eigenvalue weighted by Gasteiger charge is -2.11. The van der Waals surface area contributed by atoms with Crippen molar-refractivity contribution in [1.29, 1.82) is 0 Å². The summed E-state index contributed by atoms with van der Waals surface area (Å²) in [4.78, 5) is 15.1. The van der Waals surface area contributed by atoms with Crippen LogP contribution in [0.2, 0.25) is 0 Å². The Labute approximate surface area is 155 Å². The van der Waals surface area contributed by atoms with Gasteiger partial charge in [-0.2, -0.15) is 5.10 Å². The minimum atomic E-state index is -0.478. The monoisotopic (exact) mass is 373 g/mol. The van der Waals surface area contributed by atoms with Crippen molar-refractivity contribution in [3.63, 3.8) is 0 Å². The number of benzene rings is 1. The van der Waals surface area contributed by atoms with Crippen LogP contribution in [0.1, 0.15) is 12.8 Å². The summed E-state index contributed by atoms with van der Waals surface area (Å²) in [6.45, 7) is 0.553. The van der Waals surface area contributed by atoms with Crippen LogP contribution in [-0.2, 0) is 11.3 Å². The van der Waals surface area contributed by atoms with E-state index < -0.39 is 5.82 Å². The molecule has 0 aliphatic carbocycles. The molecule has 142 valence electrons. The van der Waals surface area contributed by atoms with Crippen LogP contribution in [0, 0.1) is 5.82 Å². The lowest BCUT2D eigenvalue weighted by molar-refractivity contribution is -0.118. The summed E-state index contributed by atoms with van der Waals surface area (Å²) < 4.78 is 28.4. The van der Waals surface area contributed by atoms with Gasteiger partial charge in [-0.15, -0.1) is 0 Å². The number of carbonyl (C=O) groups is 1. The third-order valence-electron chi connectivity index (χ3n) is 4.06. The Bertz CT molecular complexity index is 950. The second kappa shape index (κ2) is 7.90. The van der Waals surface area contributed by atoms with Gasteiger partial charge in [-0.05, 0) is 12.5 Å². The van der Waals surface area contributed by atoms with Crippen LogP contribution in [-0.4, -0.2) is 39.5 Å². The largest absolute Gasteiger partial charge is 0.493 e. The lowest BCUT2D eigenvalue weighted by Crippen LogP contribution is -2.11. The second-order valence-electron chi connectivity index (χ2n) is 5.84. The molecule has 2 aromatic heterocycles. The quantitative estimate of drug-likeness (QED) is 0.653. The molecule has 2 N–H and O–H groups in total. The first kappa shape index (κ1) is 18.4. The number of amides is 1. The summed E-state index contributed by atoms with van der Waals surface area (Å²) >= 11 is 0. The Balaban J connectivity index is 1.91. The molecule has 1 amide bonds. The number of carbonyl (C=O) groups excluding carboxylic acids is 1. The van der Waals surface area contributed by atoms with Gasteiger partial charge in [0, 0.05) is 37.6 Å². The van der Waals surface area contributed by atoms with Crippen LogP contribution in [0.25, 0.3) is 17.1 Å². The topological polar surface area (TPSA) is 97.2 Å². The van der Waals surface area contributed by atoms with Gasteiger partial charge in [-0.25, -0.2) is 9.37 Å². The number of nitrogens with two attached hydrogens (primary N) is 1. The number of aromatic nitrogens is 4. The SMILES string of the molecule is COc1cc(F)c(-c2nccn2-c2cnn(CCCC(N)=O)c2)cc1OC. The molecule has 0 radical (unpaired) electrons. The molecule has 0 aliphatic heterocycles. The summed E-state index contributed by atoms with van der Waals surface area (Å²) in [5.41, 5.74) is 6.14. The molecule has 0 unspecified atom stereocenters. The summed E-state index contributed by atoms with van der Waals surface area (Å²) in [6, 6.07) is 2.81. The highest BCUT2D eigenvalue weighted by Gasteiger charge is 2.17. The number of halogens is 1. The number of hydrogen-bond acceptors (Lipinski definition) is 5. The Morgan fingerprint density at radius 1 is 1.26 bits per heavy atom. The molecule has 0 bridgehead atoms. The van der Waals surface area contributed by atoms with Crippen LogP contribution in [0.5, 0.6) is 11.5 Å². The van der Waals surface area contributed by atoms with Crippen LogP contribution in [0.3, 0.4) is 0 Å². The molecule has 3 aromatic rings. The van der Waals surface area contributed by atoms with Gasteiger partial charge >= 0.3 is 0 Å². The van der Waals surface area contributed by atoms with Crippen molar-refractivity contribution in [3.05, 3.63) is 42.7 Å². The highest BCUT2D eigenvalue weighted by Crippen LogP contribution is 2.34. The predicted octanol–water partition coefficient (Wildman–Crippen LogP) is 2.16. The van der Waals surface area contributed by atoms with E-state index in [2.05, 4.69) is 10.1 Å². The molecule has 0 saturated heterocycles.